The number of benzene rings is 1. The van der Waals surface area contributed by atoms with Gasteiger partial charge in [0.2, 0.25) is 15.9 Å². The molecule has 1 saturated heterocycles. The van der Waals surface area contributed by atoms with Crippen LogP contribution in [0.25, 0.3) is 5.57 Å². The molecule has 2 heterocycles. The van der Waals surface area contributed by atoms with E-state index in [0.717, 1.165) is 30.4 Å². The SMILES string of the molecule is CC(C)(C)OC(=O)N[C@H]1CCCCC/C=C\[C@@H]2C[C@@]2(C(=O)NS(=O)(=O)C2CC2)NC[C@@H]2C[C@@](O)(C3C=CC(c4ccccc4)=CC3)CN2C1=O. The molecule has 4 N–H and O–H groups in total. The van der Waals surface area contributed by atoms with Crippen molar-refractivity contribution in [1.82, 2.24) is 20.3 Å². The van der Waals surface area contributed by atoms with E-state index in [1.165, 1.54) is 0 Å². The smallest absolute Gasteiger partial charge is 0.408 e. The zero-order valence-corrected chi connectivity index (χ0v) is 30.2. The summed E-state index contributed by atoms with van der Waals surface area (Å²) in [5.74, 6) is -1.35. The molecular weight excluding hydrogens is 657 g/mol. The number of fused-ring (bicyclic) bond motifs is 2. The highest BCUT2D eigenvalue weighted by molar-refractivity contribution is 7.91. The van der Waals surface area contributed by atoms with E-state index in [-0.39, 0.29) is 37.3 Å². The van der Waals surface area contributed by atoms with Crippen LogP contribution < -0.4 is 15.4 Å². The van der Waals surface area contributed by atoms with E-state index in [2.05, 4.69) is 21.4 Å². The van der Waals surface area contributed by atoms with Crippen LogP contribution in [0.4, 0.5) is 4.79 Å². The van der Waals surface area contributed by atoms with E-state index < -0.39 is 56.1 Å². The van der Waals surface area contributed by atoms with Crippen LogP contribution in [-0.2, 0) is 24.3 Å². The summed E-state index contributed by atoms with van der Waals surface area (Å²) < 4.78 is 33.5. The van der Waals surface area contributed by atoms with E-state index in [1.807, 2.05) is 54.6 Å². The number of nitrogens with zero attached hydrogens (tertiary/aromatic N) is 1. The number of hydrogen-bond donors (Lipinski definition) is 4. The van der Waals surface area contributed by atoms with Gasteiger partial charge < -0.3 is 25.4 Å². The maximum absolute atomic E-state index is 14.5. The molecule has 1 unspecified atom stereocenters. The monoisotopic (exact) mass is 708 g/mol. The van der Waals surface area contributed by atoms with Gasteiger partial charge in [0, 0.05) is 30.8 Å². The van der Waals surface area contributed by atoms with E-state index >= 15 is 0 Å². The van der Waals surface area contributed by atoms with Crippen molar-refractivity contribution in [3.8, 4) is 0 Å². The number of alkyl carbamates (subject to hydrolysis) is 1. The predicted molar refractivity (Wildman–Crippen MR) is 191 cm³/mol. The third-order valence-electron chi connectivity index (χ3n) is 10.6. The van der Waals surface area contributed by atoms with Gasteiger partial charge in [0.1, 0.15) is 17.2 Å². The molecule has 0 radical (unpaired) electrons. The van der Waals surface area contributed by atoms with Crippen molar-refractivity contribution in [2.45, 2.75) is 119 Å². The van der Waals surface area contributed by atoms with Gasteiger partial charge in [0.15, 0.2) is 0 Å². The molecule has 0 spiro atoms. The highest BCUT2D eigenvalue weighted by atomic mass is 32.2. The lowest BCUT2D eigenvalue weighted by Gasteiger charge is -2.33. The Morgan fingerprint density at radius 1 is 1.02 bits per heavy atom. The number of ether oxygens (including phenoxy) is 1. The molecule has 2 aliphatic heterocycles. The molecular formula is C38H52N4O7S. The molecule has 3 amide bonds. The summed E-state index contributed by atoms with van der Waals surface area (Å²) >= 11 is 0. The Balaban J connectivity index is 1.26. The summed E-state index contributed by atoms with van der Waals surface area (Å²) in [6.07, 6.45) is 15.4. The van der Waals surface area contributed by atoms with Gasteiger partial charge in [-0.25, -0.2) is 13.2 Å². The van der Waals surface area contributed by atoms with E-state index in [9.17, 15) is 27.9 Å². The highest BCUT2D eigenvalue weighted by Crippen LogP contribution is 2.46. The Labute approximate surface area is 296 Å². The van der Waals surface area contributed by atoms with Crippen LogP contribution in [0.1, 0.15) is 90.5 Å². The molecule has 1 aromatic carbocycles. The molecule has 11 nitrogen and oxygen atoms in total. The van der Waals surface area contributed by atoms with Crippen LogP contribution in [0, 0.1) is 11.8 Å². The van der Waals surface area contributed by atoms with Gasteiger partial charge in [-0.3, -0.25) is 14.3 Å². The number of nitrogens with one attached hydrogen (secondary N) is 3. The first-order valence-corrected chi connectivity index (χ1v) is 19.7. The molecule has 50 heavy (non-hydrogen) atoms. The minimum Gasteiger partial charge on any atom is -0.444 e. The number of carbonyl (C=O) groups is 3. The minimum absolute atomic E-state index is 0.0484. The van der Waals surface area contributed by atoms with Crippen molar-refractivity contribution in [3.63, 3.8) is 0 Å². The Hall–Kier alpha value is -3.48. The topological polar surface area (TPSA) is 154 Å². The second kappa shape index (κ2) is 14.3. The van der Waals surface area contributed by atoms with Crippen molar-refractivity contribution in [2.24, 2.45) is 11.8 Å². The number of hydrogen-bond acceptors (Lipinski definition) is 8. The lowest BCUT2D eigenvalue weighted by molar-refractivity contribution is -0.135. The van der Waals surface area contributed by atoms with E-state index in [1.54, 1.807) is 25.7 Å². The average molecular weight is 709 g/mol. The van der Waals surface area contributed by atoms with Crippen molar-refractivity contribution in [2.75, 3.05) is 13.1 Å². The van der Waals surface area contributed by atoms with Gasteiger partial charge in [0.05, 0.1) is 17.4 Å². The van der Waals surface area contributed by atoms with Crippen LogP contribution >= 0.6 is 0 Å². The second-order valence-corrected chi connectivity index (χ2v) is 17.7. The largest absolute Gasteiger partial charge is 0.444 e. The van der Waals surface area contributed by atoms with Gasteiger partial charge in [-0.05, 0) is 76.9 Å². The van der Waals surface area contributed by atoms with Crippen LogP contribution in [-0.4, -0.2) is 83.5 Å². The van der Waals surface area contributed by atoms with Gasteiger partial charge >= 0.3 is 6.09 Å². The van der Waals surface area contributed by atoms with Gasteiger partial charge in [-0.1, -0.05) is 73.6 Å². The predicted octanol–water partition coefficient (Wildman–Crippen LogP) is 4.35. The van der Waals surface area contributed by atoms with Crippen molar-refractivity contribution >= 4 is 33.5 Å². The third kappa shape index (κ3) is 8.35. The zero-order chi connectivity index (χ0) is 35.7. The van der Waals surface area contributed by atoms with Gasteiger partial charge in [0.25, 0.3) is 5.91 Å². The quantitative estimate of drug-likeness (QED) is 0.319. The third-order valence-corrected chi connectivity index (χ3v) is 12.5. The standard InChI is InChI=1S/C38H52N4O7S/c1-36(2,3)49-35(45)40-32-15-11-6-4-5-10-14-29-22-38(29,34(44)41-50(47,48)31-20-21-31)39-24-30-23-37(46,25-42(30)33(32)43)28-18-16-27(17-19-28)26-12-8-7-9-13-26/h7-10,12-14,16-18,28-32,39,46H,4-6,11,15,19-25H2,1-3H3,(H,40,45)(H,41,44)/b14-10-/t28?,29-,30+,32+,37+,38-/m1/s1. The van der Waals surface area contributed by atoms with Crippen molar-refractivity contribution in [1.29, 1.82) is 0 Å². The summed E-state index contributed by atoms with van der Waals surface area (Å²) in [5.41, 5.74) is -1.00. The first-order chi connectivity index (χ1) is 23.7. The molecule has 6 rings (SSSR count). The summed E-state index contributed by atoms with van der Waals surface area (Å²) in [5, 5.41) is 18.0. The van der Waals surface area contributed by atoms with Crippen LogP contribution in [0.2, 0.25) is 0 Å². The number of carbonyl (C=O) groups excluding carboxylic acids is 3. The van der Waals surface area contributed by atoms with Crippen molar-refractivity contribution < 1.29 is 32.6 Å². The van der Waals surface area contributed by atoms with E-state index in [4.69, 9.17) is 4.74 Å². The molecule has 6 atom stereocenters. The second-order valence-electron chi connectivity index (χ2n) is 15.8. The average Bonchev–Trinajstić information content (AvgIpc) is 3.99. The molecule has 12 heteroatoms. The fraction of sp³-hybridized carbons (Fsp3) is 0.605. The molecule has 0 aromatic heterocycles. The number of sulfonamides is 1. The maximum Gasteiger partial charge on any atom is 0.408 e. The Morgan fingerprint density at radius 2 is 1.78 bits per heavy atom. The van der Waals surface area contributed by atoms with Crippen LogP contribution in [0.15, 0.2) is 60.7 Å². The Morgan fingerprint density at radius 3 is 2.46 bits per heavy atom. The first-order valence-electron chi connectivity index (χ1n) is 18.1. The summed E-state index contributed by atoms with van der Waals surface area (Å²) in [7, 11) is -3.76. The molecule has 5 aliphatic rings. The Bertz CT molecular complexity index is 1650. The highest BCUT2D eigenvalue weighted by Gasteiger charge is 2.60. The molecule has 2 saturated carbocycles. The molecule has 3 aliphatic carbocycles. The summed E-state index contributed by atoms with van der Waals surface area (Å²) in [6, 6.07) is 8.64. The van der Waals surface area contributed by atoms with E-state index in [0.29, 0.717) is 38.5 Å². The van der Waals surface area contributed by atoms with Crippen LogP contribution in [0.5, 0.6) is 0 Å². The molecule has 1 aromatic rings. The zero-order valence-electron chi connectivity index (χ0n) is 29.4. The number of aliphatic hydroxyl groups is 1. The lowest BCUT2D eigenvalue weighted by Crippen LogP contribution is -2.56. The lowest BCUT2D eigenvalue weighted by atomic mass is 9.79. The Kier molecular flexibility index (Phi) is 10.4. The van der Waals surface area contributed by atoms with Gasteiger partial charge in [-0.15, -0.1) is 0 Å². The fourth-order valence-corrected chi connectivity index (χ4v) is 8.95. The van der Waals surface area contributed by atoms with Gasteiger partial charge in [-0.2, -0.15) is 0 Å². The molecule has 272 valence electrons. The molecule has 0 bridgehead atoms. The maximum atomic E-state index is 14.5. The van der Waals surface area contributed by atoms with Crippen LogP contribution in [0.3, 0.4) is 0 Å². The fourth-order valence-electron chi connectivity index (χ4n) is 7.58. The number of rotatable bonds is 6. The first kappa shape index (κ1) is 36.3. The normalized spacial score (nSPS) is 32.8. The molecule has 3 fully saturated rings. The summed E-state index contributed by atoms with van der Waals surface area (Å²) in [6.45, 7) is 5.51. The minimum atomic E-state index is -3.76. The number of allylic oxidation sites excluding steroid dienone is 4. The number of amides is 3. The summed E-state index contributed by atoms with van der Waals surface area (Å²) in [4.78, 5) is 42.7. The van der Waals surface area contributed by atoms with Crippen molar-refractivity contribution in [3.05, 3.63) is 66.3 Å².